The summed E-state index contributed by atoms with van der Waals surface area (Å²) in [5.41, 5.74) is 1.32. The van der Waals surface area contributed by atoms with Crippen LogP contribution in [0, 0.1) is 0 Å². The highest BCUT2D eigenvalue weighted by atomic mass is 16.5. The number of carbonyl (C=O) groups excluding carboxylic acids is 1. The molecule has 1 amide bonds. The highest BCUT2D eigenvalue weighted by Gasteiger charge is 2.35. The lowest BCUT2D eigenvalue weighted by atomic mass is 9.79. The third-order valence-corrected chi connectivity index (χ3v) is 4.74. The summed E-state index contributed by atoms with van der Waals surface area (Å²) in [6, 6.07) is 12.7. The Morgan fingerprint density at radius 3 is 2.76 bits per heavy atom. The quantitative estimate of drug-likeness (QED) is 0.877. The molecule has 25 heavy (non-hydrogen) atoms. The van der Waals surface area contributed by atoms with E-state index in [0.29, 0.717) is 17.7 Å². The molecule has 0 aromatic heterocycles. The zero-order valence-corrected chi connectivity index (χ0v) is 14.5. The second kappa shape index (κ2) is 7.15. The number of hydrogen-bond acceptors (Lipinski definition) is 4. The predicted octanol–water partition coefficient (Wildman–Crippen LogP) is 2.66. The Hall–Kier alpha value is -2.53. The number of ether oxygens (including phenoxy) is 2. The lowest BCUT2D eigenvalue weighted by Gasteiger charge is -2.35. The van der Waals surface area contributed by atoms with Crippen molar-refractivity contribution in [2.75, 3.05) is 20.8 Å². The molecule has 0 saturated heterocycles. The number of amides is 1. The molecule has 1 aliphatic rings. The fraction of sp³-hybridized carbons (Fsp3) is 0.350. The fourth-order valence-corrected chi connectivity index (χ4v) is 3.40. The van der Waals surface area contributed by atoms with Crippen LogP contribution in [0.2, 0.25) is 0 Å². The standard InChI is InChI=1S/C20H23NO4/c1-24-15-9-10-17-14(12-15)6-5-11-20(17,23)13-21-19(22)16-7-3-4-8-18(16)25-2/h3-4,7-10,12,23H,5-6,11,13H2,1-2H3,(H,21,22). The minimum atomic E-state index is -1.07. The number of para-hydroxylation sites is 1. The van der Waals surface area contributed by atoms with Crippen molar-refractivity contribution in [3.63, 3.8) is 0 Å². The highest BCUT2D eigenvalue weighted by molar-refractivity contribution is 5.96. The van der Waals surface area contributed by atoms with Crippen molar-refractivity contribution < 1.29 is 19.4 Å². The SMILES string of the molecule is COc1ccc2c(c1)CCCC2(O)CNC(=O)c1ccccc1OC. The van der Waals surface area contributed by atoms with Crippen molar-refractivity contribution in [2.45, 2.75) is 24.9 Å². The third kappa shape index (κ3) is 3.46. The molecule has 1 aliphatic carbocycles. The van der Waals surface area contributed by atoms with E-state index >= 15 is 0 Å². The van der Waals surface area contributed by atoms with Crippen LogP contribution in [0.3, 0.4) is 0 Å². The first-order valence-electron chi connectivity index (χ1n) is 8.38. The van der Waals surface area contributed by atoms with Gasteiger partial charge in [-0.25, -0.2) is 0 Å². The zero-order chi connectivity index (χ0) is 17.9. The minimum Gasteiger partial charge on any atom is -0.497 e. The average Bonchev–Trinajstić information content (AvgIpc) is 2.66. The topological polar surface area (TPSA) is 67.8 Å². The number of nitrogens with one attached hydrogen (secondary N) is 1. The highest BCUT2D eigenvalue weighted by Crippen LogP contribution is 2.36. The molecule has 1 unspecified atom stereocenters. The van der Waals surface area contributed by atoms with Gasteiger partial charge in [-0.15, -0.1) is 0 Å². The molecule has 0 bridgehead atoms. The van der Waals surface area contributed by atoms with Crippen molar-refractivity contribution in [3.05, 3.63) is 59.2 Å². The largest absolute Gasteiger partial charge is 0.497 e. The van der Waals surface area contributed by atoms with E-state index in [0.717, 1.165) is 29.7 Å². The van der Waals surface area contributed by atoms with Gasteiger partial charge >= 0.3 is 0 Å². The van der Waals surface area contributed by atoms with Gasteiger partial charge < -0.3 is 19.9 Å². The Balaban J connectivity index is 1.78. The minimum absolute atomic E-state index is 0.156. The molecule has 0 radical (unpaired) electrons. The number of aryl methyl sites for hydroxylation is 1. The van der Waals surface area contributed by atoms with E-state index in [-0.39, 0.29) is 12.5 Å². The summed E-state index contributed by atoms with van der Waals surface area (Å²) in [5.74, 6) is 1.04. The van der Waals surface area contributed by atoms with Crippen LogP contribution in [0.5, 0.6) is 11.5 Å². The van der Waals surface area contributed by atoms with E-state index in [1.807, 2.05) is 24.3 Å². The van der Waals surface area contributed by atoms with E-state index in [1.165, 1.54) is 7.11 Å². The molecule has 0 heterocycles. The smallest absolute Gasteiger partial charge is 0.255 e. The number of methoxy groups -OCH3 is 2. The molecule has 0 fully saturated rings. The van der Waals surface area contributed by atoms with Crippen molar-refractivity contribution in [1.29, 1.82) is 0 Å². The monoisotopic (exact) mass is 341 g/mol. The van der Waals surface area contributed by atoms with E-state index in [1.54, 1.807) is 25.3 Å². The van der Waals surface area contributed by atoms with Gasteiger partial charge in [-0.1, -0.05) is 18.2 Å². The Morgan fingerprint density at radius 2 is 2.00 bits per heavy atom. The number of rotatable bonds is 5. The number of aliphatic hydroxyl groups is 1. The molecule has 0 aliphatic heterocycles. The molecule has 1 atom stereocenters. The van der Waals surface area contributed by atoms with Crippen LogP contribution in [0.25, 0.3) is 0 Å². The van der Waals surface area contributed by atoms with Gasteiger partial charge in [-0.05, 0) is 54.7 Å². The molecular weight excluding hydrogens is 318 g/mol. The molecule has 0 spiro atoms. The Labute approximate surface area is 147 Å². The maximum absolute atomic E-state index is 12.5. The van der Waals surface area contributed by atoms with Crippen LogP contribution in [0.1, 0.15) is 34.3 Å². The van der Waals surface area contributed by atoms with Crippen LogP contribution in [-0.2, 0) is 12.0 Å². The van der Waals surface area contributed by atoms with Crippen LogP contribution in [-0.4, -0.2) is 31.8 Å². The lowest BCUT2D eigenvalue weighted by molar-refractivity contribution is 0.0188. The Kier molecular flexibility index (Phi) is 4.95. The lowest BCUT2D eigenvalue weighted by Crippen LogP contribution is -2.43. The first kappa shape index (κ1) is 17.3. The van der Waals surface area contributed by atoms with Crippen LogP contribution in [0.15, 0.2) is 42.5 Å². The fourth-order valence-electron chi connectivity index (χ4n) is 3.40. The summed E-state index contributed by atoms with van der Waals surface area (Å²) in [6.07, 6.45) is 2.37. The summed E-state index contributed by atoms with van der Waals surface area (Å²) in [7, 11) is 3.16. The number of benzene rings is 2. The molecule has 132 valence electrons. The van der Waals surface area contributed by atoms with Crippen molar-refractivity contribution >= 4 is 5.91 Å². The van der Waals surface area contributed by atoms with Gasteiger partial charge in [0.05, 0.1) is 26.3 Å². The number of carbonyl (C=O) groups is 1. The van der Waals surface area contributed by atoms with Gasteiger partial charge in [0.1, 0.15) is 17.1 Å². The third-order valence-electron chi connectivity index (χ3n) is 4.74. The molecule has 3 rings (SSSR count). The molecular formula is C20H23NO4. The second-order valence-electron chi connectivity index (χ2n) is 6.29. The van der Waals surface area contributed by atoms with E-state index in [9.17, 15) is 9.90 Å². The predicted molar refractivity (Wildman–Crippen MR) is 95.2 cm³/mol. The van der Waals surface area contributed by atoms with E-state index in [2.05, 4.69) is 5.32 Å². The van der Waals surface area contributed by atoms with E-state index < -0.39 is 5.60 Å². The van der Waals surface area contributed by atoms with Gasteiger partial charge in [0.2, 0.25) is 0 Å². The Bertz CT molecular complexity index is 774. The van der Waals surface area contributed by atoms with Gasteiger partial charge in [-0.3, -0.25) is 4.79 Å². The second-order valence-corrected chi connectivity index (χ2v) is 6.29. The van der Waals surface area contributed by atoms with Crippen LogP contribution in [0.4, 0.5) is 0 Å². The van der Waals surface area contributed by atoms with Gasteiger partial charge in [-0.2, -0.15) is 0 Å². The summed E-state index contributed by atoms with van der Waals surface area (Å²) in [5, 5.41) is 14.0. The normalized spacial score (nSPS) is 19.0. The van der Waals surface area contributed by atoms with Crippen molar-refractivity contribution in [2.24, 2.45) is 0 Å². The molecule has 5 nitrogen and oxygen atoms in total. The maximum Gasteiger partial charge on any atom is 0.255 e. The van der Waals surface area contributed by atoms with Crippen LogP contribution < -0.4 is 14.8 Å². The van der Waals surface area contributed by atoms with Gasteiger partial charge in [0.25, 0.3) is 5.91 Å². The Morgan fingerprint density at radius 1 is 1.20 bits per heavy atom. The summed E-state index contributed by atoms with van der Waals surface area (Å²) < 4.78 is 10.5. The van der Waals surface area contributed by atoms with Crippen molar-refractivity contribution in [1.82, 2.24) is 5.32 Å². The van der Waals surface area contributed by atoms with Gasteiger partial charge in [0, 0.05) is 0 Å². The summed E-state index contributed by atoms with van der Waals surface area (Å²) in [4.78, 5) is 12.5. The molecule has 2 aromatic carbocycles. The van der Waals surface area contributed by atoms with Gasteiger partial charge in [0.15, 0.2) is 0 Å². The molecule has 2 N–H and O–H groups in total. The first-order chi connectivity index (χ1) is 12.1. The van der Waals surface area contributed by atoms with Crippen LogP contribution >= 0.6 is 0 Å². The zero-order valence-electron chi connectivity index (χ0n) is 14.5. The molecule has 0 saturated carbocycles. The average molecular weight is 341 g/mol. The van der Waals surface area contributed by atoms with E-state index in [4.69, 9.17) is 9.47 Å². The molecule has 5 heteroatoms. The first-order valence-corrected chi connectivity index (χ1v) is 8.38. The maximum atomic E-state index is 12.5. The summed E-state index contributed by atoms with van der Waals surface area (Å²) in [6.45, 7) is 0.156. The number of hydrogen-bond donors (Lipinski definition) is 2. The summed E-state index contributed by atoms with van der Waals surface area (Å²) >= 11 is 0. The van der Waals surface area contributed by atoms with Crippen molar-refractivity contribution in [3.8, 4) is 11.5 Å². The molecule has 2 aromatic rings. The number of fused-ring (bicyclic) bond motifs is 1.